The van der Waals surface area contributed by atoms with E-state index < -0.39 is 4.92 Å². The number of nitrogens with zero attached hydrogens (tertiary/aromatic N) is 3. The van der Waals surface area contributed by atoms with Crippen LogP contribution in [-0.4, -0.2) is 10.8 Å². The minimum absolute atomic E-state index is 0. The molecular weight excluding hydrogens is 425 g/mol. The van der Waals surface area contributed by atoms with Gasteiger partial charge in [-0.2, -0.15) is 4.57 Å². The summed E-state index contributed by atoms with van der Waals surface area (Å²) in [7, 11) is 0. The molecule has 0 spiro atoms. The third kappa shape index (κ3) is 4.98. The summed E-state index contributed by atoms with van der Waals surface area (Å²) in [6.45, 7) is 0.00322. The zero-order valence-electron chi connectivity index (χ0n) is 14.3. The number of carbonyl (C=O) groups is 1. The average Bonchev–Trinajstić information content (AvgIpc) is 2.65. The maximum Gasteiger partial charge on any atom is 0.297 e. The van der Waals surface area contributed by atoms with Gasteiger partial charge in [0.15, 0.2) is 12.4 Å². The molecule has 0 saturated heterocycles. The van der Waals surface area contributed by atoms with Gasteiger partial charge < -0.3 is 12.4 Å². The predicted octanol–water partition coefficient (Wildman–Crippen LogP) is 1.56. The minimum Gasteiger partial charge on any atom is -1.00 e. The van der Waals surface area contributed by atoms with Gasteiger partial charge in [0.25, 0.3) is 11.6 Å². The third-order valence-electron chi connectivity index (χ3n) is 3.80. The molecule has 3 aromatic rings. The Hall–Kier alpha value is -2.67. The van der Waals surface area contributed by atoms with Gasteiger partial charge in [0.2, 0.25) is 6.54 Å². The highest BCUT2D eigenvalue weighted by Gasteiger charge is 2.28. The molecule has 0 aliphatic rings. The fraction of sp³-hybridized carbons (Fsp3) is 0.0526. The van der Waals surface area contributed by atoms with Crippen molar-refractivity contribution >= 4 is 46.2 Å². The van der Waals surface area contributed by atoms with Crippen LogP contribution in [0.4, 0.5) is 17.1 Å². The minimum atomic E-state index is -0.562. The molecule has 1 heterocycles. The second-order valence-electron chi connectivity index (χ2n) is 5.64. The largest absolute Gasteiger partial charge is 1.00 e. The van der Waals surface area contributed by atoms with Crippen molar-refractivity contribution in [3.63, 3.8) is 0 Å². The summed E-state index contributed by atoms with van der Waals surface area (Å²) in [5.41, 5.74) is 0.337. The zero-order chi connectivity index (χ0) is 19.4. The first-order valence-electron chi connectivity index (χ1n) is 7.92. The number of amides is 1. The number of carbonyl (C=O) groups excluding carboxylic acids is 1. The van der Waals surface area contributed by atoms with Gasteiger partial charge in [-0.3, -0.25) is 19.8 Å². The number of pyridine rings is 1. The van der Waals surface area contributed by atoms with Crippen molar-refractivity contribution in [3.05, 3.63) is 93.2 Å². The lowest BCUT2D eigenvalue weighted by molar-refractivity contribution is -0.684. The number of benzene rings is 2. The summed E-state index contributed by atoms with van der Waals surface area (Å²) in [5.74, 6) is -0.348. The van der Waals surface area contributed by atoms with Gasteiger partial charge >= 0.3 is 0 Å². The van der Waals surface area contributed by atoms with E-state index in [9.17, 15) is 14.9 Å². The molecule has 0 saturated carbocycles. The number of halogens is 3. The molecule has 0 N–H and O–H groups in total. The average molecular weight is 439 g/mol. The number of anilines is 2. The summed E-state index contributed by atoms with van der Waals surface area (Å²) in [4.78, 5) is 25.3. The van der Waals surface area contributed by atoms with Crippen molar-refractivity contribution in [2.45, 2.75) is 6.54 Å². The van der Waals surface area contributed by atoms with E-state index in [0.717, 1.165) is 0 Å². The van der Waals surface area contributed by atoms with Crippen LogP contribution >= 0.6 is 23.2 Å². The number of aromatic nitrogens is 1. The summed E-state index contributed by atoms with van der Waals surface area (Å²) in [6, 6.07) is 16.1. The Morgan fingerprint density at radius 3 is 2.21 bits per heavy atom. The Balaban J connectivity index is 0.00000280. The Labute approximate surface area is 177 Å². The lowest BCUT2D eigenvalue weighted by atomic mass is 10.2. The standard InChI is InChI=1S/C19H14Cl2N3O3.ClH/c20-14-4-7-16(8-5-14)23(19(25)13-22-10-2-1-3-11-22)17-9-6-15(21)12-18(17)24(26)27;/h1-12H,13H2;1H/q+1;/p-1. The Morgan fingerprint density at radius 2 is 1.61 bits per heavy atom. The van der Waals surface area contributed by atoms with Crippen LogP contribution in [0, 0.1) is 10.1 Å². The van der Waals surface area contributed by atoms with Crippen LogP contribution in [0.1, 0.15) is 0 Å². The van der Waals surface area contributed by atoms with E-state index in [-0.39, 0.29) is 41.3 Å². The van der Waals surface area contributed by atoms with Gasteiger partial charge in [0.1, 0.15) is 5.69 Å². The van der Waals surface area contributed by atoms with E-state index in [1.165, 1.54) is 23.1 Å². The number of hydrogen-bond acceptors (Lipinski definition) is 3. The van der Waals surface area contributed by atoms with E-state index in [1.807, 2.05) is 6.07 Å². The number of rotatable bonds is 5. The highest BCUT2D eigenvalue weighted by Crippen LogP contribution is 2.36. The van der Waals surface area contributed by atoms with Crippen LogP contribution in [-0.2, 0) is 11.3 Å². The van der Waals surface area contributed by atoms with Crippen molar-refractivity contribution in [2.75, 3.05) is 4.90 Å². The summed E-state index contributed by atoms with van der Waals surface area (Å²) in [6.07, 6.45) is 3.49. The Bertz CT molecular complexity index is 983. The van der Waals surface area contributed by atoms with Crippen LogP contribution in [0.2, 0.25) is 10.0 Å². The van der Waals surface area contributed by atoms with Crippen LogP contribution < -0.4 is 21.9 Å². The number of hydrogen-bond donors (Lipinski definition) is 0. The normalized spacial score (nSPS) is 10.1. The Kier molecular flexibility index (Phi) is 7.34. The van der Waals surface area contributed by atoms with Crippen molar-refractivity contribution in [1.82, 2.24) is 0 Å². The third-order valence-corrected chi connectivity index (χ3v) is 4.29. The molecule has 0 unspecified atom stereocenters. The van der Waals surface area contributed by atoms with Gasteiger partial charge in [0, 0.05) is 33.9 Å². The van der Waals surface area contributed by atoms with Gasteiger partial charge in [0.05, 0.1) is 4.92 Å². The second kappa shape index (κ2) is 9.50. The first kappa shape index (κ1) is 21.6. The van der Waals surface area contributed by atoms with Gasteiger partial charge in [-0.15, -0.1) is 0 Å². The molecule has 0 fully saturated rings. The van der Waals surface area contributed by atoms with Crippen LogP contribution in [0.15, 0.2) is 73.1 Å². The lowest BCUT2D eigenvalue weighted by Crippen LogP contribution is -3.00. The molecular formula is C19H14Cl3N3O3. The van der Waals surface area contributed by atoms with Gasteiger partial charge in [-0.25, -0.2) is 0 Å². The number of nitro benzene ring substituents is 1. The fourth-order valence-corrected chi connectivity index (χ4v) is 2.90. The topological polar surface area (TPSA) is 67.3 Å². The van der Waals surface area contributed by atoms with Gasteiger partial charge in [-0.1, -0.05) is 29.3 Å². The van der Waals surface area contributed by atoms with Gasteiger partial charge in [-0.05, 0) is 36.4 Å². The molecule has 144 valence electrons. The maximum absolute atomic E-state index is 13.1. The van der Waals surface area contributed by atoms with Crippen LogP contribution in [0.5, 0.6) is 0 Å². The first-order valence-corrected chi connectivity index (χ1v) is 8.68. The fourth-order valence-electron chi connectivity index (χ4n) is 2.61. The molecule has 0 radical (unpaired) electrons. The zero-order valence-corrected chi connectivity index (χ0v) is 16.6. The molecule has 1 amide bonds. The molecule has 3 rings (SSSR count). The molecule has 2 aromatic carbocycles. The SMILES string of the molecule is O=C(C[n+]1ccccc1)N(c1ccc(Cl)cc1)c1ccc(Cl)cc1[N+](=O)[O-].[Cl-]. The summed E-state index contributed by atoms with van der Waals surface area (Å²) >= 11 is 11.9. The predicted molar refractivity (Wildman–Crippen MR) is 103 cm³/mol. The van der Waals surface area contributed by atoms with E-state index in [1.54, 1.807) is 53.4 Å². The van der Waals surface area contributed by atoms with E-state index in [2.05, 4.69) is 0 Å². The van der Waals surface area contributed by atoms with Crippen molar-refractivity contribution in [3.8, 4) is 0 Å². The van der Waals surface area contributed by atoms with E-state index in [0.29, 0.717) is 10.7 Å². The van der Waals surface area contributed by atoms with Crippen LogP contribution in [0.25, 0.3) is 0 Å². The molecule has 1 aromatic heterocycles. The smallest absolute Gasteiger partial charge is 0.297 e. The molecule has 0 aliphatic carbocycles. The van der Waals surface area contributed by atoms with Crippen molar-refractivity contribution < 1.29 is 26.7 Å². The summed E-state index contributed by atoms with van der Waals surface area (Å²) < 4.78 is 1.69. The maximum atomic E-state index is 13.1. The highest BCUT2D eigenvalue weighted by molar-refractivity contribution is 6.31. The molecule has 9 heteroatoms. The first-order chi connectivity index (χ1) is 13.0. The molecule has 0 aliphatic heterocycles. The monoisotopic (exact) mass is 437 g/mol. The summed E-state index contributed by atoms with van der Waals surface area (Å²) in [5, 5.41) is 12.2. The quantitative estimate of drug-likeness (QED) is 0.345. The van der Waals surface area contributed by atoms with Crippen molar-refractivity contribution in [1.29, 1.82) is 0 Å². The molecule has 0 bridgehead atoms. The lowest BCUT2D eigenvalue weighted by Gasteiger charge is -2.21. The number of nitro groups is 1. The molecule has 6 nitrogen and oxygen atoms in total. The second-order valence-corrected chi connectivity index (χ2v) is 6.52. The molecule has 0 atom stereocenters. The van der Waals surface area contributed by atoms with Crippen LogP contribution in [0.3, 0.4) is 0 Å². The van der Waals surface area contributed by atoms with E-state index in [4.69, 9.17) is 23.2 Å². The highest BCUT2D eigenvalue weighted by atomic mass is 35.5. The van der Waals surface area contributed by atoms with E-state index >= 15 is 0 Å². The Morgan fingerprint density at radius 1 is 1.00 bits per heavy atom. The van der Waals surface area contributed by atoms with Crippen molar-refractivity contribution in [2.24, 2.45) is 0 Å². The molecule has 28 heavy (non-hydrogen) atoms.